The summed E-state index contributed by atoms with van der Waals surface area (Å²) in [6.07, 6.45) is -1.25. The van der Waals surface area contributed by atoms with Crippen molar-refractivity contribution in [2.75, 3.05) is 10.8 Å². The molecule has 8 nitrogen and oxygen atoms in total. The minimum absolute atomic E-state index is 0.0864. The molecule has 1 saturated carbocycles. The lowest BCUT2D eigenvalue weighted by molar-refractivity contribution is -0.183. The molecule has 2 unspecified atom stereocenters. The Morgan fingerprint density at radius 2 is 1.70 bits per heavy atom. The number of aliphatic carboxylic acids is 1. The lowest BCUT2D eigenvalue weighted by Gasteiger charge is -2.48. The molecule has 2 aliphatic rings. The quantitative estimate of drug-likeness (QED) is 0.239. The molecule has 5 rings (SSSR count). The minimum atomic E-state index is -3.81. The van der Waals surface area contributed by atoms with Gasteiger partial charge in [-0.25, -0.2) is 8.42 Å². The maximum absolute atomic E-state index is 14.2. The van der Waals surface area contributed by atoms with Gasteiger partial charge in [-0.15, -0.1) is 0 Å². The molecule has 0 aromatic heterocycles. The largest absolute Gasteiger partial charge is 0.481 e. The van der Waals surface area contributed by atoms with E-state index in [1.165, 1.54) is 4.31 Å². The summed E-state index contributed by atoms with van der Waals surface area (Å²) < 4.78 is 35.2. The third kappa shape index (κ3) is 6.81. The summed E-state index contributed by atoms with van der Waals surface area (Å²) in [5.41, 5.74) is 1.65. The monoisotopic (exact) mass is 664 g/mol. The van der Waals surface area contributed by atoms with E-state index in [4.69, 9.17) is 39.5 Å². The highest BCUT2D eigenvalue weighted by Crippen LogP contribution is 2.45. The number of para-hydroxylation sites is 1. The van der Waals surface area contributed by atoms with Crippen molar-refractivity contribution in [2.24, 2.45) is 0 Å². The van der Waals surface area contributed by atoms with Gasteiger partial charge in [-0.1, -0.05) is 78.1 Å². The topological polar surface area (TPSA) is 104 Å². The molecule has 0 radical (unpaired) electrons. The Hall–Kier alpha value is -2.82. The zero-order chi connectivity index (χ0) is 30.9. The fourth-order valence-corrected chi connectivity index (χ4v) is 8.06. The third-order valence-corrected chi connectivity index (χ3v) is 10.9. The van der Waals surface area contributed by atoms with Crippen LogP contribution in [-0.2, 0) is 24.3 Å². The van der Waals surface area contributed by atoms with Crippen LogP contribution in [0.3, 0.4) is 0 Å². The number of sulfonamides is 1. The van der Waals surface area contributed by atoms with Crippen molar-refractivity contribution in [3.8, 4) is 0 Å². The number of nitrogens with zero attached hydrogens (tertiary/aromatic N) is 2. The summed E-state index contributed by atoms with van der Waals surface area (Å²) in [7, 11) is -3.81. The Bertz CT molecular complexity index is 1600. The molecule has 1 aliphatic heterocycles. The molecule has 0 bridgehead atoms. The van der Waals surface area contributed by atoms with Gasteiger partial charge >= 0.3 is 5.97 Å². The lowest BCUT2D eigenvalue weighted by Crippen LogP contribution is -2.58. The molecule has 1 heterocycles. The van der Waals surface area contributed by atoms with Crippen LogP contribution < -0.4 is 4.31 Å². The lowest BCUT2D eigenvalue weighted by atomic mass is 9.89. The molecule has 4 atom stereocenters. The van der Waals surface area contributed by atoms with E-state index in [0.717, 1.165) is 0 Å². The van der Waals surface area contributed by atoms with Crippen molar-refractivity contribution in [2.45, 2.75) is 62.1 Å². The summed E-state index contributed by atoms with van der Waals surface area (Å²) in [6, 6.07) is 19.2. The summed E-state index contributed by atoms with van der Waals surface area (Å²) in [6.45, 7) is 1.78. The number of carboxylic acids is 1. The number of carboxylic acid groups (broad SMARTS) is 1. The predicted molar refractivity (Wildman–Crippen MR) is 167 cm³/mol. The van der Waals surface area contributed by atoms with Gasteiger partial charge in [-0.05, 0) is 66.8 Å². The normalized spacial score (nSPS) is 21.4. The highest BCUT2D eigenvalue weighted by Gasteiger charge is 2.49. The summed E-state index contributed by atoms with van der Waals surface area (Å²) >= 11 is 19.1. The number of ether oxygens (including phenoxy) is 1. The van der Waals surface area contributed by atoms with Gasteiger partial charge in [0, 0.05) is 10.0 Å². The molecule has 228 valence electrons. The zero-order valence-corrected chi connectivity index (χ0v) is 26.4. The summed E-state index contributed by atoms with van der Waals surface area (Å²) in [4.78, 5) is 27.7. The number of anilines is 1. The maximum atomic E-state index is 14.2. The molecular formula is C31H31Cl3N2O6S. The standard InChI is InChI=1S/C31H31Cl3N2O6S/c1-2-23(18-35(43(40,41)24-14-15-24)26-9-4-3-8-25(26)34)36-29(19-10-12-21(32)13-11-19)30(20-6-5-7-22(33)16-20)42-27(31(36)39)17-28(37)38/h3-13,16,23-24,27,29-30H,2,14-15,17-18H2,1H3,(H,37,38)/t23?,27-,29?,30+/m0/s1. The van der Waals surface area contributed by atoms with Crippen LogP contribution >= 0.6 is 34.8 Å². The van der Waals surface area contributed by atoms with Crippen LogP contribution in [0.15, 0.2) is 72.8 Å². The molecule has 12 heteroatoms. The molecule has 1 saturated heterocycles. The van der Waals surface area contributed by atoms with Crippen LogP contribution in [0.25, 0.3) is 0 Å². The van der Waals surface area contributed by atoms with E-state index in [0.29, 0.717) is 46.1 Å². The Morgan fingerprint density at radius 3 is 2.30 bits per heavy atom. The van der Waals surface area contributed by atoms with Crippen molar-refractivity contribution in [3.05, 3.63) is 99.0 Å². The zero-order valence-electron chi connectivity index (χ0n) is 23.3. The molecule has 1 aliphatic carbocycles. The summed E-state index contributed by atoms with van der Waals surface area (Å²) in [5.74, 6) is -1.74. The van der Waals surface area contributed by atoms with Gasteiger partial charge in [0.15, 0.2) is 0 Å². The molecule has 1 amide bonds. The van der Waals surface area contributed by atoms with Gasteiger partial charge in [-0.2, -0.15) is 0 Å². The number of halogens is 3. The number of rotatable bonds is 11. The van der Waals surface area contributed by atoms with E-state index in [-0.39, 0.29) is 11.6 Å². The number of amides is 1. The first kappa shape index (κ1) is 31.6. The fourth-order valence-electron chi connectivity index (χ4n) is 5.54. The smallest absolute Gasteiger partial charge is 0.306 e. The SMILES string of the molecule is CCC(CN(c1ccccc1Cl)S(=O)(=O)C1CC1)N1C(=O)[C@H](CC(=O)O)O[C@H](c2cccc(Cl)c2)C1c1ccc(Cl)cc1. The molecule has 1 N–H and O–H groups in total. The average Bonchev–Trinajstić information content (AvgIpc) is 3.82. The molecule has 43 heavy (non-hydrogen) atoms. The number of carbonyl (C=O) groups excluding carboxylic acids is 1. The minimum Gasteiger partial charge on any atom is -0.481 e. The number of morpholine rings is 1. The third-order valence-electron chi connectivity index (χ3n) is 7.79. The first-order valence-corrected chi connectivity index (χ1v) is 16.6. The first-order valence-electron chi connectivity index (χ1n) is 14.0. The number of carbonyl (C=O) groups is 2. The van der Waals surface area contributed by atoms with Crippen LogP contribution in [0.1, 0.15) is 55.9 Å². The molecular weight excluding hydrogens is 635 g/mol. The molecule has 3 aromatic carbocycles. The van der Waals surface area contributed by atoms with Gasteiger partial charge in [0.2, 0.25) is 10.0 Å². The van der Waals surface area contributed by atoms with Crippen molar-refractivity contribution >= 4 is 62.4 Å². The van der Waals surface area contributed by atoms with Gasteiger partial charge < -0.3 is 14.7 Å². The van der Waals surface area contributed by atoms with Crippen molar-refractivity contribution in [1.82, 2.24) is 4.90 Å². The van der Waals surface area contributed by atoms with E-state index < -0.39 is 57.9 Å². The molecule has 3 aromatic rings. The second-order valence-electron chi connectivity index (χ2n) is 10.7. The van der Waals surface area contributed by atoms with Gasteiger partial charge in [0.25, 0.3) is 5.91 Å². The van der Waals surface area contributed by atoms with Crippen molar-refractivity contribution in [3.63, 3.8) is 0 Å². The highest BCUT2D eigenvalue weighted by molar-refractivity contribution is 7.93. The molecule has 2 fully saturated rings. The van der Waals surface area contributed by atoms with Crippen molar-refractivity contribution in [1.29, 1.82) is 0 Å². The second kappa shape index (κ2) is 13.0. The second-order valence-corrected chi connectivity index (χ2v) is 14.1. The Kier molecular flexibility index (Phi) is 9.58. The van der Waals surface area contributed by atoms with E-state index >= 15 is 0 Å². The molecule has 0 spiro atoms. The van der Waals surface area contributed by atoms with Crippen LogP contribution in [0.4, 0.5) is 5.69 Å². The van der Waals surface area contributed by atoms with Crippen molar-refractivity contribution < 1.29 is 27.9 Å². The van der Waals surface area contributed by atoms with Gasteiger partial charge in [-0.3, -0.25) is 13.9 Å². The van der Waals surface area contributed by atoms with Crippen LogP contribution in [0, 0.1) is 0 Å². The number of benzene rings is 3. The summed E-state index contributed by atoms with van der Waals surface area (Å²) in [5, 5.41) is 10.4. The van der Waals surface area contributed by atoms with E-state index in [2.05, 4.69) is 0 Å². The first-order chi connectivity index (χ1) is 20.5. The average molecular weight is 666 g/mol. The van der Waals surface area contributed by atoms with E-state index in [1.54, 1.807) is 77.7 Å². The highest BCUT2D eigenvalue weighted by atomic mass is 35.5. The van der Waals surface area contributed by atoms with Gasteiger partial charge in [0.05, 0.1) is 41.0 Å². The Labute approximate surface area is 266 Å². The van der Waals surface area contributed by atoms with Crippen LogP contribution in [0.5, 0.6) is 0 Å². The maximum Gasteiger partial charge on any atom is 0.306 e. The Balaban J connectivity index is 1.66. The number of hydrogen-bond donors (Lipinski definition) is 1. The van der Waals surface area contributed by atoms with Gasteiger partial charge in [0.1, 0.15) is 12.2 Å². The van der Waals surface area contributed by atoms with E-state index in [9.17, 15) is 23.1 Å². The van der Waals surface area contributed by atoms with Crippen LogP contribution in [0.2, 0.25) is 15.1 Å². The number of hydrogen-bond acceptors (Lipinski definition) is 5. The predicted octanol–water partition coefficient (Wildman–Crippen LogP) is 6.91. The van der Waals surface area contributed by atoms with E-state index in [1.807, 2.05) is 6.92 Å². The van der Waals surface area contributed by atoms with Crippen LogP contribution in [-0.4, -0.2) is 54.2 Å². The fraction of sp³-hybridized carbons (Fsp3) is 0.355. The Morgan fingerprint density at radius 1 is 1.00 bits per heavy atom.